The van der Waals surface area contributed by atoms with E-state index in [0.29, 0.717) is 5.69 Å². The van der Waals surface area contributed by atoms with Crippen molar-refractivity contribution in [1.29, 1.82) is 0 Å². The number of hydrogen-bond donors (Lipinski definition) is 2. The lowest BCUT2D eigenvalue weighted by Gasteiger charge is -2.12. The lowest BCUT2D eigenvalue weighted by Crippen LogP contribution is -2.16. The van der Waals surface area contributed by atoms with Crippen molar-refractivity contribution in [2.75, 3.05) is 4.72 Å². The Morgan fingerprint density at radius 1 is 1.35 bits per heavy atom. The van der Waals surface area contributed by atoms with Crippen LogP contribution in [-0.4, -0.2) is 23.3 Å². The zero-order chi connectivity index (χ0) is 16.6. The fraction of sp³-hybridized carbons (Fsp3) is 0.400. The lowest BCUT2D eigenvalue weighted by molar-refractivity contribution is 0.472. The fourth-order valence-corrected chi connectivity index (χ4v) is 4.33. The number of phenolic OH excluding ortho intramolecular Hbond substituents is 1. The molecule has 0 saturated heterocycles. The molecule has 8 heteroatoms. The molecule has 1 fully saturated rings. The Labute approximate surface area is 134 Å². The molecule has 1 aliphatic rings. The van der Waals surface area contributed by atoms with E-state index in [2.05, 4.69) is 9.82 Å². The molecule has 1 aliphatic carbocycles. The molecule has 23 heavy (non-hydrogen) atoms. The number of anilines is 1. The molecule has 1 saturated carbocycles. The minimum absolute atomic E-state index is 0.0366. The molecular weight excluding hydrogens is 321 g/mol. The molecule has 3 rings (SSSR count). The quantitative estimate of drug-likeness (QED) is 0.839. The molecule has 0 unspecified atom stereocenters. The Bertz CT molecular complexity index is 806. The topological polar surface area (TPSA) is 84.2 Å². The van der Waals surface area contributed by atoms with Crippen molar-refractivity contribution in [3.63, 3.8) is 0 Å². The number of aromatic nitrogens is 2. The van der Waals surface area contributed by atoms with Crippen LogP contribution in [0.3, 0.4) is 0 Å². The molecule has 0 atom stereocenters. The van der Waals surface area contributed by atoms with Gasteiger partial charge in [-0.15, -0.1) is 0 Å². The number of hydrogen-bond acceptors (Lipinski definition) is 4. The van der Waals surface area contributed by atoms with Gasteiger partial charge in [0, 0.05) is 19.2 Å². The van der Waals surface area contributed by atoms with Crippen LogP contribution >= 0.6 is 0 Å². The van der Waals surface area contributed by atoms with Gasteiger partial charge in [-0.2, -0.15) is 5.10 Å². The number of nitrogens with zero attached hydrogens (tertiary/aromatic N) is 2. The zero-order valence-corrected chi connectivity index (χ0v) is 13.5. The van der Waals surface area contributed by atoms with Gasteiger partial charge in [-0.25, -0.2) is 12.8 Å². The van der Waals surface area contributed by atoms with E-state index in [9.17, 15) is 17.9 Å². The Balaban J connectivity index is 2.00. The first-order chi connectivity index (χ1) is 10.9. The van der Waals surface area contributed by atoms with Crippen LogP contribution in [0.25, 0.3) is 0 Å². The highest BCUT2D eigenvalue weighted by atomic mass is 32.2. The largest absolute Gasteiger partial charge is 0.506 e. The molecule has 0 bridgehead atoms. The van der Waals surface area contributed by atoms with Gasteiger partial charge in [0.15, 0.2) is 5.82 Å². The summed E-state index contributed by atoms with van der Waals surface area (Å²) in [4.78, 5) is 0.0366. The van der Waals surface area contributed by atoms with Crippen LogP contribution in [0.5, 0.6) is 5.75 Å². The van der Waals surface area contributed by atoms with Gasteiger partial charge in [-0.3, -0.25) is 9.40 Å². The van der Waals surface area contributed by atoms with Gasteiger partial charge >= 0.3 is 0 Å². The van der Waals surface area contributed by atoms with E-state index in [1.165, 1.54) is 23.0 Å². The first kappa shape index (κ1) is 15.8. The molecule has 124 valence electrons. The molecule has 0 spiro atoms. The summed E-state index contributed by atoms with van der Waals surface area (Å²) in [5.41, 5.74) is 0.0575. The molecule has 2 N–H and O–H groups in total. The maximum Gasteiger partial charge on any atom is 0.265 e. The van der Waals surface area contributed by atoms with Crippen molar-refractivity contribution in [1.82, 2.24) is 9.78 Å². The zero-order valence-electron chi connectivity index (χ0n) is 12.7. The molecule has 1 heterocycles. The van der Waals surface area contributed by atoms with Crippen LogP contribution in [0, 0.1) is 5.82 Å². The Kier molecular flexibility index (Phi) is 4.01. The number of nitrogens with one attached hydrogen (secondary N) is 1. The molecule has 6 nitrogen and oxygen atoms in total. The highest BCUT2D eigenvalue weighted by Gasteiger charge is 2.30. The summed E-state index contributed by atoms with van der Waals surface area (Å²) in [5, 5.41) is 14.0. The summed E-state index contributed by atoms with van der Waals surface area (Å²) in [5.74, 6) is -1.20. The third kappa shape index (κ3) is 3.03. The van der Waals surface area contributed by atoms with Crippen molar-refractivity contribution >= 4 is 15.7 Å². The Morgan fingerprint density at radius 3 is 2.70 bits per heavy atom. The van der Waals surface area contributed by atoms with E-state index in [0.717, 1.165) is 31.7 Å². The number of para-hydroxylation sites is 1. The number of aryl methyl sites for hydroxylation is 1. The van der Waals surface area contributed by atoms with Gasteiger partial charge in [-0.05, 0) is 25.0 Å². The summed E-state index contributed by atoms with van der Waals surface area (Å²) in [6.45, 7) is 0. The molecular formula is C15H18FN3O3S. The van der Waals surface area contributed by atoms with E-state index in [4.69, 9.17) is 0 Å². The van der Waals surface area contributed by atoms with Crippen LogP contribution < -0.4 is 4.72 Å². The van der Waals surface area contributed by atoms with Crippen LogP contribution in [0.15, 0.2) is 29.3 Å². The first-order valence-electron chi connectivity index (χ1n) is 7.42. The van der Waals surface area contributed by atoms with Crippen molar-refractivity contribution in [2.24, 2.45) is 7.05 Å². The standard InChI is InChI=1S/C15H18FN3O3S/c1-19-9-13(14(17-19)10-5-2-3-6-10)23(21,22)18-15-11(16)7-4-8-12(15)20/h4,7-10,18,20H,2-3,5-6H2,1H3. The number of benzene rings is 1. The second kappa shape index (κ2) is 5.84. The molecule has 2 aromatic rings. The Hall–Kier alpha value is -2.09. The SMILES string of the molecule is Cn1cc(S(=O)(=O)Nc2c(O)cccc2F)c(C2CCCC2)n1. The van der Waals surface area contributed by atoms with Gasteiger partial charge < -0.3 is 5.11 Å². The molecule has 0 aliphatic heterocycles. The average Bonchev–Trinajstić information content (AvgIpc) is 3.12. The van der Waals surface area contributed by atoms with Crippen LogP contribution in [0.1, 0.15) is 37.3 Å². The molecule has 1 aromatic heterocycles. The second-order valence-corrected chi connectivity index (χ2v) is 7.42. The van der Waals surface area contributed by atoms with E-state index in [1.54, 1.807) is 7.05 Å². The maximum atomic E-state index is 13.8. The lowest BCUT2D eigenvalue weighted by atomic mass is 10.1. The first-order valence-corrected chi connectivity index (χ1v) is 8.90. The van der Waals surface area contributed by atoms with Crippen LogP contribution in [0.4, 0.5) is 10.1 Å². The van der Waals surface area contributed by atoms with E-state index < -0.39 is 27.3 Å². The molecule has 1 aromatic carbocycles. The number of phenols is 1. The minimum atomic E-state index is -4.04. The van der Waals surface area contributed by atoms with Gasteiger partial charge in [0.25, 0.3) is 10.0 Å². The van der Waals surface area contributed by atoms with Crippen molar-refractivity contribution in [2.45, 2.75) is 36.5 Å². The summed E-state index contributed by atoms with van der Waals surface area (Å²) in [6.07, 6.45) is 5.29. The normalized spacial score (nSPS) is 15.9. The molecule has 0 amide bonds. The summed E-state index contributed by atoms with van der Waals surface area (Å²) >= 11 is 0. The molecule has 0 radical (unpaired) electrons. The van der Waals surface area contributed by atoms with Crippen molar-refractivity contribution < 1.29 is 17.9 Å². The summed E-state index contributed by atoms with van der Waals surface area (Å²) in [7, 11) is -2.39. The number of rotatable bonds is 4. The summed E-state index contributed by atoms with van der Waals surface area (Å²) < 4.78 is 42.7. The fourth-order valence-electron chi connectivity index (χ4n) is 2.98. The third-order valence-corrected chi connectivity index (χ3v) is 5.45. The van der Waals surface area contributed by atoms with E-state index in [1.807, 2.05) is 0 Å². The van der Waals surface area contributed by atoms with E-state index >= 15 is 0 Å². The number of aromatic hydroxyl groups is 1. The second-order valence-electron chi connectivity index (χ2n) is 5.77. The van der Waals surface area contributed by atoms with E-state index in [-0.39, 0.29) is 10.8 Å². The van der Waals surface area contributed by atoms with Gasteiger partial charge in [0.2, 0.25) is 0 Å². The average molecular weight is 339 g/mol. The summed E-state index contributed by atoms with van der Waals surface area (Å²) in [6, 6.07) is 3.61. The minimum Gasteiger partial charge on any atom is -0.506 e. The smallest absolute Gasteiger partial charge is 0.265 e. The third-order valence-electron chi connectivity index (χ3n) is 4.08. The highest BCUT2D eigenvalue weighted by molar-refractivity contribution is 7.92. The monoisotopic (exact) mass is 339 g/mol. The number of sulfonamides is 1. The highest BCUT2D eigenvalue weighted by Crippen LogP contribution is 2.37. The van der Waals surface area contributed by atoms with Crippen molar-refractivity contribution in [3.8, 4) is 5.75 Å². The van der Waals surface area contributed by atoms with Crippen LogP contribution in [-0.2, 0) is 17.1 Å². The van der Waals surface area contributed by atoms with Gasteiger partial charge in [-0.1, -0.05) is 18.9 Å². The van der Waals surface area contributed by atoms with Crippen molar-refractivity contribution in [3.05, 3.63) is 35.9 Å². The predicted molar refractivity (Wildman–Crippen MR) is 83.3 cm³/mol. The predicted octanol–water partition coefficient (Wildman–Crippen LogP) is 2.72. The van der Waals surface area contributed by atoms with Crippen LogP contribution in [0.2, 0.25) is 0 Å². The van der Waals surface area contributed by atoms with Gasteiger partial charge in [0.05, 0.1) is 5.69 Å². The number of halogens is 1. The van der Waals surface area contributed by atoms with Gasteiger partial charge in [0.1, 0.15) is 16.3 Å². The Morgan fingerprint density at radius 2 is 2.04 bits per heavy atom. The maximum absolute atomic E-state index is 13.8.